The average molecular weight is 205 g/mol. The number of aromatic amines is 1. The predicted octanol–water partition coefficient (Wildman–Crippen LogP) is 1.05. The number of anilines is 1. The molecule has 6 nitrogen and oxygen atoms in total. The minimum Gasteiger partial charge on any atom is -0.331 e. The highest BCUT2D eigenvalue weighted by atomic mass is 16.2. The fourth-order valence-electron chi connectivity index (χ4n) is 1.16. The lowest BCUT2D eigenvalue weighted by atomic mass is 10.3. The lowest BCUT2D eigenvalue weighted by Gasteiger charge is -2.10. The molecule has 0 spiro atoms. The minimum absolute atomic E-state index is 0.204. The van der Waals surface area contributed by atoms with Gasteiger partial charge in [0.05, 0.1) is 5.39 Å². The summed E-state index contributed by atoms with van der Waals surface area (Å²) in [5, 5.41) is 10.2. The Bertz CT molecular complexity index is 490. The maximum absolute atomic E-state index is 11.4. The number of hydrogen-bond donors (Lipinski definition) is 2. The van der Waals surface area contributed by atoms with E-state index in [4.69, 9.17) is 0 Å². The lowest BCUT2D eigenvalue weighted by molar-refractivity contribution is 0.230. The molecule has 2 N–H and O–H groups in total. The Labute approximate surface area is 86.3 Å². The molecule has 2 aromatic heterocycles. The largest absolute Gasteiger partial charge is 0.331 e. The Hall–Kier alpha value is -2.11. The molecule has 2 heterocycles. The van der Waals surface area contributed by atoms with Crippen LogP contribution in [-0.2, 0) is 0 Å². The Morgan fingerprint density at radius 2 is 2.33 bits per heavy atom. The third-order valence-electron chi connectivity index (χ3n) is 1.97. The van der Waals surface area contributed by atoms with Crippen molar-refractivity contribution in [3.63, 3.8) is 0 Å². The van der Waals surface area contributed by atoms with E-state index in [2.05, 4.69) is 20.5 Å². The number of fused-ring (bicyclic) bond motifs is 1. The molecule has 6 heteroatoms. The van der Waals surface area contributed by atoms with Crippen molar-refractivity contribution in [1.82, 2.24) is 20.1 Å². The molecule has 0 radical (unpaired) electrons. The zero-order valence-corrected chi connectivity index (χ0v) is 8.48. The zero-order chi connectivity index (χ0) is 10.8. The van der Waals surface area contributed by atoms with Crippen molar-refractivity contribution >= 4 is 22.9 Å². The number of carbonyl (C=O) groups is 1. The molecule has 0 saturated carbocycles. The highest BCUT2D eigenvalue weighted by Gasteiger charge is 2.09. The number of urea groups is 1. The van der Waals surface area contributed by atoms with Crippen molar-refractivity contribution in [2.75, 3.05) is 19.4 Å². The molecular formula is C9H11N5O. The van der Waals surface area contributed by atoms with Gasteiger partial charge < -0.3 is 4.90 Å². The van der Waals surface area contributed by atoms with Crippen LogP contribution in [0.3, 0.4) is 0 Å². The summed E-state index contributed by atoms with van der Waals surface area (Å²) in [6.07, 6.45) is 1.65. The van der Waals surface area contributed by atoms with Crippen molar-refractivity contribution in [3.8, 4) is 0 Å². The van der Waals surface area contributed by atoms with Crippen molar-refractivity contribution in [3.05, 3.63) is 18.3 Å². The highest BCUT2D eigenvalue weighted by molar-refractivity contribution is 5.97. The van der Waals surface area contributed by atoms with Gasteiger partial charge >= 0.3 is 6.03 Å². The number of amides is 2. The Morgan fingerprint density at radius 1 is 1.53 bits per heavy atom. The molecule has 0 aromatic carbocycles. The van der Waals surface area contributed by atoms with Crippen LogP contribution in [0.4, 0.5) is 10.6 Å². The van der Waals surface area contributed by atoms with Crippen molar-refractivity contribution in [2.45, 2.75) is 0 Å². The minimum atomic E-state index is -0.204. The molecule has 0 saturated heterocycles. The van der Waals surface area contributed by atoms with E-state index in [0.29, 0.717) is 11.5 Å². The Kier molecular flexibility index (Phi) is 2.24. The normalized spacial score (nSPS) is 10.3. The summed E-state index contributed by atoms with van der Waals surface area (Å²) in [7, 11) is 3.35. The summed E-state index contributed by atoms with van der Waals surface area (Å²) in [6, 6.07) is 3.43. The fraction of sp³-hybridized carbons (Fsp3) is 0.222. The zero-order valence-electron chi connectivity index (χ0n) is 8.48. The van der Waals surface area contributed by atoms with Crippen molar-refractivity contribution in [1.29, 1.82) is 0 Å². The Morgan fingerprint density at radius 3 is 3.07 bits per heavy atom. The van der Waals surface area contributed by atoms with Gasteiger partial charge in [0, 0.05) is 20.3 Å². The molecular weight excluding hydrogens is 194 g/mol. The number of aromatic nitrogens is 3. The summed E-state index contributed by atoms with van der Waals surface area (Å²) in [4.78, 5) is 16.9. The highest BCUT2D eigenvalue weighted by Crippen LogP contribution is 2.17. The number of nitrogens with one attached hydrogen (secondary N) is 2. The van der Waals surface area contributed by atoms with E-state index < -0.39 is 0 Å². The van der Waals surface area contributed by atoms with Crippen molar-refractivity contribution in [2.24, 2.45) is 0 Å². The molecule has 78 valence electrons. The summed E-state index contributed by atoms with van der Waals surface area (Å²) in [5.74, 6) is 0.566. The first-order valence-electron chi connectivity index (χ1n) is 4.46. The van der Waals surface area contributed by atoms with Gasteiger partial charge in [0.1, 0.15) is 5.82 Å². The second-order valence-electron chi connectivity index (χ2n) is 3.30. The number of H-pyrrole nitrogens is 1. The molecule has 0 bridgehead atoms. The van der Waals surface area contributed by atoms with Gasteiger partial charge in [-0.1, -0.05) is 0 Å². The van der Waals surface area contributed by atoms with E-state index in [0.717, 1.165) is 5.39 Å². The summed E-state index contributed by atoms with van der Waals surface area (Å²) < 4.78 is 0. The van der Waals surface area contributed by atoms with Crippen LogP contribution in [0, 0.1) is 0 Å². The van der Waals surface area contributed by atoms with Gasteiger partial charge in [-0.15, -0.1) is 0 Å². The van der Waals surface area contributed by atoms with E-state index in [9.17, 15) is 4.79 Å². The monoisotopic (exact) mass is 205 g/mol. The summed E-state index contributed by atoms with van der Waals surface area (Å²) in [5.41, 5.74) is 0.589. The molecule has 0 atom stereocenters. The van der Waals surface area contributed by atoms with E-state index in [-0.39, 0.29) is 6.03 Å². The van der Waals surface area contributed by atoms with E-state index in [1.54, 1.807) is 26.4 Å². The first kappa shape index (κ1) is 9.45. The topological polar surface area (TPSA) is 73.9 Å². The molecule has 0 aliphatic carbocycles. The van der Waals surface area contributed by atoms with Crippen LogP contribution in [0.25, 0.3) is 11.0 Å². The van der Waals surface area contributed by atoms with Gasteiger partial charge in [0.15, 0.2) is 5.65 Å². The van der Waals surface area contributed by atoms with E-state index in [1.807, 2.05) is 6.07 Å². The quantitative estimate of drug-likeness (QED) is 0.730. The number of hydrogen-bond acceptors (Lipinski definition) is 3. The van der Waals surface area contributed by atoms with Gasteiger partial charge in [-0.3, -0.25) is 10.4 Å². The van der Waals surface area contributed by atoms with Crippen LogP contribution in [0.15, 0.2) is 18.3 Å². The molecule has 0 unspecified atom stereocenters. The van der Waals surface area contributed by atoms with E-state index >= 15 is 0 Å². The van der Waals surface area contributed by atoms with Gasteiger partial charge in [-0.2, -0.15) is 5.10 Å². The van der Waals surface area contributed by atoms with Crippen molar-refractivity contribution < 1.29 is 4.79 Å². The Balaban J connectivity index is 2.33. The third-order valence-corrected chi connectivity index (χ3v) is 1.97. The number of carbonyl (C=O) groups excluding carboxylic acids is 1. The molecule has 0 aliphatic heterocycles. The fourth-order valence-corrected chi connectivity index (χ4v) is 1.16. The second-order valence-corrected chi connectivity index (χ2v) is 3.30. The van der Waals surface area contributed by atoms with E-state index in [1.165, 1.54) is 4.90 Å². The van der Waals surface area contributed by atoms with Crippen LogP contribution in [0.2, 0.25) is 0 Å². The van der Waals surface area contributed by atoms with Gasteiger partial charge in [-0.05, 0) is 12.1 Å². The average Bonchev–Trinajstić information content (AvgIpc) is 2.62. The van der Waals surface area contributed by atoms with Crippen LogP contribution >= 0.6 is 0 Å². The maximum atomic E-state index is 11.4. The third kappa shape index (κ3) is 1.74. The summed E-state index contributed by atoms with van der Waals surface area (Å²) in [6.45, 7) is 0. The van der Waals surface area contributed by atoms with Crippen LogP contribution in [0.5, 0.6) is 0 Å². The molecule has 2 amide bonds. The second kappa shape index (κ2) is 3.56. The van der Waals surface area contributed by atoms with Crippen LogP contribution in [0.1, 0.15) is 0 Å². The lowest BCUT2D eigenvalue weighted by Crippen LogP contribution is -2.27. The molecule has 15 heavy (non-hydrogen) atoms. The molecule has 0 aliphatic rings. The van der Waals surface area contributed by atoms with Crippen LogP contribution < -0.4 is 5.32 Å². The van der Waals surface area contributed by atoms with Gasteiger partial charge in [0.2, 0.25) is 0 Å². The molecule has 0 fully saturated rings. The standard InChI is InChI=1S/C9H11N5O/c1-14(2)9(15)11-8-6-4-3-5-10-7(6)12-13-8/h3-5H,1-2H3,(H2,10,11,12,13,15). The SMILES string of the molecule is CN(C)C(=O)Nc1[nH]nc2ncccc12. The molecule has 2 aromatic rings. The maximum Gasteiger partial charge on any atom is 0.322 e. The number of rotatable bonds is 1. The summed E-state index contributed by atoms with van der Waals surface area (Å²) >= 11 is 0. The van der Waals surface area contributed by atoms with Gasteiger partial charge in [-0.25, -0.2) is 9.78 Å². The first-order valence-corrected chi connectivity index (χ1v) is 4.46. The van der Waals surface area contributed by atoms with Gasteiger partial charge in [0.25, 0.3) is 0 Å². The number of pyridine rings is 1. The molecule has 2 rings (SSSR count). The first-order chi connectivity index (χ1) is 7.18. The number of nitrogens with zero attached hydrogens (tertiary/aromatic N) is 3. The van der Waals surface area contributed by atoms with Crippen LogP contribution in [-0.4, -0.2) is 40.2 Å². The predicted molar refractivity (Wildman–Crippen MR) is 56.6 cm³/mol. The smallest absolute Gasteiger partial charge is 0.322 e.